The Kier molecular flexibility index (Phi) is 11.9. The summed E-state index contributed by atoms with van der Waals surface area (Å²) in [6.45, 7) is -0.0507. The third-order valence-electron chi connectivity index (χ3n) is 5.64. The van der Waals surface area contributed by atoms with E-state index in [4.69, 9.17) is 39.5 Å². The Morgan fingerprint density at radius 2 is 1.44 bits per heavy atom. The van der Waals surface area contributed by atoms with Crippen LogP contribution in [0.25, 0.3) is 0 Å². The molecule has 0 aromatic heterocycles. The molecule has 0 fully saturated rings. The molecular formula is C26H24Cl3F5N2O5. The first-order chi connectivity index (χ1) is 18.9. The summed E-state index contributed by atoms with van der Waals surface area (Å²) < 4.78 is 71.6. The van der Waals surface area contributed by atoms with Crippen LogP contribution < -0.4 is 15.4 Å². The minimum Gasteiger partial charge on any atom is -0.484 e. The molecule has 41 heavy (non-hydrogen) atoms. The molecule has 0 unspecified atom stereocenters. The van der Waals surface area contributed by atoms with Crippen molar-refractivity contribution < 1.29 is 45.9 Å². The number of alkyl halides is 5. The average Bonchev–Trinajstić information content (AvgIpc) is 2.86. The molecule has 0 bridgehead atoms. The van der Waals surface area contributed by atoms with Crippen LogP contribution in [-0.2, 0) is 19.2 Å². The number of ether oxygens (including phenoxy) is 1. The lowest BCUT2D eigenvalue weighted by Crippen LogP contribution is -2.51. The van der Waals surface area contributed by atoms with E-state index >= 15 is 0 Å². The minimum absolute atomic E-state index is 0.142. The predicted molar refractivity (Wildman–Crippen MR) is 141 cm³/mol. The van der Waals surface area contributed by atoms with E-state index in [1.165, 1.54) is 56.3 Å². The summed E-state index contributed by atoms with van der Waals surface area (Å²) >= 11 is 17.7. The third kappa shape index (κ3) is 10.4. The number of ketones is 2. The molecule has 0 saturated heterocycles. The maximum atomic E-state index is 14.6. The Bertz CT molecular complexity index is 1250. The molecule has 0 saturated carbocycles. The van der Waals surface area contributed by atoms with E-state index in [2.05, 4.69) is 5.32 Å². The van der Waals surface area contributed by atoms with Crippen molar-refractivity contribution in [1.29, 1.82) is 0 Å². The summed E-state index contributed by atoms with van der Waals surface area (Å²) in [4.78, 5) is 50.4. The number of rotatable bonds is 13. The van der Waals surface area contributed by atoms with Gasteiger partial charge in [0, 0.05) is 27.4 Å². The summed E-state index contributed by atoms with van der Waals surface area (Å²) in [5.41, 5.74) is 0.184. The summed E-state index contributed by atoms with van der Waals surface area (Å²) in [6.07, 6.45) is -5.87. The van der Waals surface area contributed by atoms with Crippen LogP contribution in [0, 0.1) is 11.8 Å². The second kappa shape index (κ2) is 14.3. The number of carbonyl (C=O) groups excluding carboxylic acids is 4. The van der Waals surface area contributed by atoms with Gasteiger partial charge in [-0.2, -0.15) is 22.0 Å². The number of nitrogens with one attached hydrogen (secondary N) is 2. The van der Waals surface area contributed by atoms with Gasteiger partial charge in [0.15, 0.2) is 12.4 Å². The van der Waals surface area contributed by atoms with Gasteiger partial charge in [-0.1, -0.05) is 60.8 Å². The number of hydrogen-bond acceptors (Lipinski definition) is 5. The van der Waals surface area contributed by atoms with Gasteiger partial charge in [0.25, 0.3) is 11.8 Å². The van der Waals surface area contributed by atoms with Crippen LogP contribution >= 0.6 is 34.8 Å². The largest absolute Gasteiger partial charge is 0.484 e. The van der Waals surface area contributed by atoms with E-state index in [9.17, 15) is 41.1 Å². The Hall–Kier alpha value is -2.96. The third-order valence-corrected chi connectivity index (χ3v) is 6.33. The fraction of sp³-hybridized carbons (Fsp3) is 0.385. The van der Waals surface area contributed by atoms with E-state index in [-0.39, 0.29) is 26.4 Å². The lowest BCUT2D eigenvalue weighted by Gasteiger charge is -2.26. The van der Waals surface area contributed by atoms with Gasteiger partial charge in [0.1, 0.15) is 18.3 Å². The second-order valence-corrected chi connectivity index (χ2v) is 10.5. The molecule has 15 heteroatoms. The van der Waals surface area contributed by atoms with Gasteiger partial charge in [-0.25, -0.2) is 0 Å². The number of benzene rings is 2. The first-order valence-corrected chi connectivity index (χ1v) is 13.0. The van der Waals surface area contributed by atoms with Gasteiger partial charge in [0.2, 0.25) is 5.78 Å². The molecule has 2 aromatic rings. The zero-order valence-corrected chi connectivity index (χ0v) is 23.7. The van der Waals surface area contributed by atoms with Crippen molar-refractivity contribution >= 4 is 58.2 Å². The Labute approximate surface area is 246 Å². The fourth-order valence-electron chi connectivity index (χ4n) is 3.57. The van der Waals surface area contributed by atoms with Crippen molar-refractivity contribution in [2.75, 3.05) is 13.2 Å². The number of carbonyl (C=O) groups is 4. The van der Waals surface area contributed by atoms with Crippen molar-refractivity contribution in [1.82, 2.24) is 10.6 Å². The SMILES string of the molecule is CC(C)[C@H](CC(=O)[C@@H](NC(=O)COc1cc(Cl)cc(Cl)c1)c1ccc(Cl)cc1)C(=O)C(F)(F)C(=O)NCC(F)(F)F. The number of amides is 2. The molecule has 7 nitrogen and oxygen atoms in total. The molecule has 0 aliphatic carbocycles. The minimum atomic E-state index is -4.99. The van der Waals surface area contributed by atoms with Crippen LogP contribution in [0.2, 0.25) is 15.1 Å². The number of hydrogen-bond donors (Lipinski definition) is 2. The van der Waals surface area contributed by atoms with E-state index in [0.717, 1.165) is 5.32 Å². The second-order valence-electron chi connectivity index (χ2n) is 9.20. The molecule has 0 aliphatic rings. The Morgan fingerprint density at radius 3 is 1.95 bits per heavy atom. The molecule has 2 aromatic carbocycles. The topological polar surface area (TPSA) is 102 Å². The zero-order valence-electron chi connectivity index (χ0n) is 21.5. The zero-order chi connectivity index (χ0) is 31.1. The molecule has 0 aliphatic heterocycles. The fourth-order valence-corrected chi connectivity index (χ4v) is 4.20. The normalized spacial score (nSPS) is 13.3. The van der Waals surface area contributed by atoms with Crippen LogP contribution in [0.1, 0.15) is 31.9 Å². The average molecular weight is 646 g/mol. The van der Waals surface area contributed by atoms with Crippen LogP contribution in [0.5, 0.6) is 5.75 Å². The van der Waals surface area contributed by atoms with Crippen LogP contribution in [0.15, 0.2) is 42.5 Å². The quantitative estimate of drug-likeness (QED) is 0.206. The maximum Gasteiger partial charge on any atom is 0.405 e. The summed E-state index contributed by atoms with van der Waals surface area (Å²) in [5, 5.41) is 4.14. The Balaban J connectivity index is 2.25. The van der Waals surface area contributed by atoms with Gasteiger partial charge in [-0.05, 0) is 41.8 Å². The lowest BCUT2D eigenvalue weighted by atomic mass is 9.82. The highest BCUT2D eigenvalue weighted by atomic mass is 35.5. The smallest absolute Gasteiger partial charge is 0.405 e. The van der Waals surface area contributed by atoms with Crippen molar-refractivity contribution in [2.24, 2.45) is 11.8 Å². The van der Waals surface area contributed by atoms with E-state index in [0.29, 0.717) is 0 Å². The van der Waals surface area contributed by atoms with E-state index in [1.54, 1.807) is 0 Å². The monoisotopic (exact) mass is 644 g/mol. The van der Waals surface area contributed by atoms with Crippen LogP contribution in [0.4, 0.5) is 22.0 Å². The van der Waals surface area contributed by atoms with Crippen molar-refractivity contribution in [3.05, 3.63) is 63.1 Å². The molecule has 2 N–H and O–H groups in total. The van der Waals surface area contributed by atoms with Crippen molar-refractivity contribution in [2.45, 2.75) is 38.4 Å². The number of Topliss-reactive ketones (excluding diaryl/α,β-unsaturated/α-hetero) is 2. The first-order valence-electron chi connectivity index (χ1n) is 11.8. The highest BCUT2D eigenvalue weighted by molar-refractivity contribution is 6.34. The van der Waals surface area contributed by atoms with E-state index in [1.807, 2.05) is 0 Å². The molecule has 0 radical (unpaired) electrons. The van der Waals surface area contributed by atoms with E-state index < -0.39 is 72.9 Å². The molecule has 0 heterocycles. The van der Waals surface area contributed by atoms with Gasteiger partial charge < -0.3 is 15.4 Å². The lowest BCUT2D eigenvalue weighted by molar-refractivity contribution is -0.167. The van der Waals surface area contributed by atoms with Gasteiger partial charge in [0.05, 0.1) is 0 Å². The standard InChI is InChI=1S/C26H24Cl3F5N2O5/c1-13(2)19(23(39)26(33,34)24(40)35-12-25(30,31)32)10-20(37)22(14-3-5-15(27)6-4-14)36-21(38)11-41-18-8-16(28)7-17(29)9-18/h3-9,13,19,22H,10-12H2,1-2H3,(H,35,40)(H,36,38)/t19-,22-/m0/s1. The Morgan fingerprint density at radius 1 is 0.878 bits per heavy atom. The van der Waals surface area contributed by atoms with Crippen LogP contribution in [-0.4, -0.2) is 48.6 Å². The van der Waals surface area contributed by atoms with Gasteiger partial charge >= 0.3 is 12.1 Å². The van der Waals surface area contributed by atoms with Crippen molar-refractivity contribution in [3.8, 4) is 5.75 Å². The predicted octanol–water partition coefficient (Wildman–Crippen LogP) is 6.00. The molecular weight excluding hydrogens is 622 g/mol. The van der Waals surface area contributed by atoms with Crippen molar-refractivity contribution in [3.63, 3.8) is 0 Å². The molecule has 224 valence electrons. The molecule has 2 amide bonds. The molecule has 2 atom stereocenters. The highest BCUT2D eigenvalue weighted by Crippen LogP contribution is 2.30. The molecule has 2 rings (SSSR count). The summed E-state index contributed by atoms with van der Waals surface area (Å²) in [5.74, 6) is -13.6. The maximum absolute atomic E-state index is 14.6. The summed E-state index contributed by atoms with van der Waals surface area (Å²) in [6, 6.07) is 8.30. The molecule has 0 spiro atoms. The van der Waals surface area contributed by atoms with Gasteiger partial charge in [-0.15, -0.1) is 0 Å². The van der Waals surface area contributed by atoms with Crippen LogP contribution in [0.3, 0.4) is 0 Å². The summed E-state index contributed by atoms with van der Waals surface area (Å²) in [7, 11) is 0. The first kappa shape index (κ1) is 34.2. The number of halogens is 8. The van der Waals surface area contributed by atoms with Gasteiger partial charge in [-0.3, -0.25) is 19.2 Å². The highest BCUT2D eigenvalue weighted by Gasteiger charge is 2.51.